The number of fused-ring (bicyclic) bond motifs is 1. The molecule has 2 heterocycles. The van der Waals surface area contributed by atoms with E-state index in [-0.39, 0.29) is 11.4 Å². The van der Waals surface area contributed by atoms with Crippen LogP contribution in [-0.2, 0) is 9.53 Å². The molecule has 2 aromatic carbocycles. The first-order chi connectivity index (χ1) is 17.2. The first kappa shape index (κ1) is 26.5. The van der Waals surface area contributed by atoms with Gasteiger partial charge in [-0.15, -0.1) is 0 Å². The number of halogens is 1. The summed E-state index contributed by atoms with van der Waals surface area (Å²) in [6.45, 7) is 10.9. The summed E-state index contributed by atoms with van der Waals surface area (Å²) in [5.41, 5.74) is 5.09. The molecule has 0 aromatic heterocycles. The second kappa shape index (κ2) is 11.2. The van der Waals surface area contributed by atoms with E-state index in [1.165, 1.54) is 17.3 Å². The summed E-state index contributed by atoms with van der Waals surface area (Å²) in [6.07, 6.45) is 6.00. The molecule has 2 aliphatic rings. The highest BCUT2D eigenvalue weighted by atomic mass is 35.5. The Bertz CT molecular complexity index is 1220. The van der Waals surface area contributed by atoms with Gasteiger partial charge in [-0.25, -0.2) is 4.99 Å². The van der Waals surface area contributed by atoms with Crippen LogP contribution in [0.15, 0.2) is 58.4 Å². The van der Waals surface area contributed by atoms with Gasteiger partial charge in [-0.1, -0.05) is 42.8 Å². The van der Waals surface area contributed by atoms with Gasteiger partial charge in [0.05, 0.1) is 16.1 Å². The summed E-state index contributed by atoms with van der Waals surface area (Å²) < 4.78 is 5.21. The largest absolute Gasteiger partial charge is 0.385 e. The predicted octanol–water partition coefficient (Wildman–Crippen LogP) is 7.39. The van der Waals surface area contributed by atoms with Crippen molar-refractivity contribution in [2.24, 2.45) is 4.99 Å². The number of carbonyl (C=O) groups excluding carboxylic acids is 1. The van der Waals surface area contributed by atoms with Crippen molar-refractivity contribution in [1.29, 1.82) is 0 Å². The Morgan fingerprint density at radius 2 is 1.92 bits per heavy atom. The second-order valence-corrected chi connectivity index (χ2v) is 11.1. The summed E-state index contributed by atoms with van der Waals surface area (Å²) in [7, 11) is 1.67. The molecule has 190 valence electrons. The van der Waals surface area contributed by atoms with Crippen LogP contribution in [0.3, 0.4) is 0 Å². The molecule has 7 heteroatoms. The van der Waals surface area contributed by atoms with Crippen molar-refractivity contribution in [3.63, 3.8) is 0 Å². The second-order valence-electron chi connectivity index (χ2n) is 9.67. The van der Waals surface area contributed by atoms with E-state index in [1.54, 1.807) is 12.0 Å². The number of benzene rings is 2. The summed E-state index contributed by atoms with van der Waals surface area (Å²) in [5, 5.41) is 1.32. The van der Waals surface area contributed by atoms with Crippen molar-refractivity contribution in [2.45, 2.75) is 46.1 Å². The lowest BCUT2D eigenvalue weighted by Gasteiger charge is -2.43. The minimum Gasteiger partial charge on any atom is -0.385 e. The maximum absolute atomic E-state index is 13.4. The van der Waals surface area contributed by atoms with Gasteiger partial charge in [0, 0.05) is 43.1 Å². The standard InChI is InChI=1S/C29H34ClN3O2S/c1-6-13-33-25-18-24(30)21(16-23(25)20(2)19-29(33,3)4)17-26-27(34)32(14-10-15-35-5)28(36-26)31-22-11-8-7-9-12-22/h7-9,11-12,16-19H,6,10,13-15H2,1-5H3/b26-17+,31-28?. The van der Waals surface area contributed by atoms with Crippen molar-refractivity contribution >= 4 is 57.5 Å². The zero-order valence-corrected chi connectivity index (χ0v) is 23.2. The lowest BCUT2D eigenvalue weighted by atomic mass is 9.87. The number of rotatable bonds is 8. The van der Waals surface area contributed by atoms with Crippen molar-refractivity contribution < 1.29 is 9.53 Å². The minimum atomic E-state index is -0.0841. The monoisotopic (exact) mass is 523 g/mol. The highest BCUT2D eigenvalue weighted by Gasteiger charge is 2.34. The smallest absolute Gasteiger partial charge is 0.266 e. The highest BCUT2D eigenvalue weighted by Crippen LogP contribution is 2.43. The van der Waals surface area contributed by atoms with Gasteiger partial charge in [0.1, 0.15) is 0 Å². The first-order valence-electron chi connectivity index (χ1n) is 12.4. The van der Waals surface area contributed by atoms with E-state index in [2.05, 4.69) is 50.8 Å². The van der Waals surface area contributed by atoms with Gasteiger partial charge in [0.15, 0.2) is 5.17 Å². The molecule has 0 saturated carbocycles. The molecular weight excluding hydrogens is 490 g/mol. The number of hydrogen-bond donors (Lipinski definition) is 0. The summed E-state index contributed by atoms with van der Waals surface area (Å²) in [4.78, 5) is 23.0. The molecule has 2 aromatic rings. The number of hydrogen-bond acceptors (Lipinski definition) is 5. The molecule has 36 heavy (non-hydrogen) atoms. The van der Waals surface area contributed by atoms with Crippen molar-refractivity contribution in [3.8, 4) is 0 Å². The Kier molecular flexibility index (Phi) is 8.28. The fraction of sp³-hybridized carbons (Fsp3) is 0.379. The number of carbonyl (C=O) groups is 1. The molecule has 0 bridgehead atoms. The zero-order valence-electron chi connectivity index (χ0n) is 21.7. The lowest BCUT2D eigenvalue weighted by molar-refractivity contribution is -0.122. The van der Waals surface area contributed by atoms with E-state index in [0.29, 0.717) is 28.2 Å². The Balaban J connectivity index is 1.71. The number of methoxy groups -OCH3 is 1. The third kappa shape index (κ3) is 5.56. The Hall–Kier alpha value is -2.54. The third-order valence-corrected chi connectivity index (χ3v) is 7.76. The number of allylic oxidation sites excluding steroid dienone is 1. The topological polar surface area (TPSA) is 45.1 Å². The SMILES string of the molecule is CCCN1c2cc(Cl)c(/C=C3/SC(=Nc4ccccc4)N(CCCOC)C3=O)cc2C(C)=CC1(C)C. The molecule has 0 aliphatic carbocycles. The molecule has 1 saturated heterocycles. The van der Waals surface area contributed by atoms with Gasteiger partial charge < -0.3 is 9.64 Å². The molecule has 5 nitrogen and oxygen atoms in total. The molecular formula is C29H34ClN3O2S. The van der Waals surface area contributed by atoms with E-state index in [4.69, 9.17) is 21.3 Å². The molecule has 1 amide bonds. The van der Waals surface area contributed by atoms with Crippen LogP contribution in [0.1, 0.15) is 51.7 Å². The average molecular weight is 524 g/mol. The fourth-order valence-electron chi connectivity index (χ4n) is 4.77. The van der Waals surface area contributed by atoms with Crippen LogP contribution in [-0.4, -0.2) is 48.3 Å². The highest BCUT2D eigenvalue weighted by molar-refractivity contribution is 8.18. The number of thioether (sulfide) groups is 1. The number of amidine groups is 1. The molecule has 4 rings (SSSR count). The van der Waals surface area contributed by atoms with E-state index in [9.17, 15) is 4.79 Å². The summed E-state index contributed by atoms with van der Waals surface area (Å²) in [5.74, 6) is -0.0550. The van der Waals surface area contributed by atoms with Crippen LogP contribution in [0.5, 0.6) is 0 Å². The van der Waals surface area contributed by atoms with Crippen LogP contribution < -0.4 is 4.90 Å². The normalized spacial score (nSPS) is 19.3. The van der Waals surface area contributed by atoms with Gasteiger partial charge in [-0.3, -0.25) is 9.69 Å². The van der Waals surface area contributed by atoms with Crippen LogP contribution in [0.2, 0.25) is 5.02 Å². The van der Waals surface area contributed by atoms with Gasteiger partial charge in [0.25, 0.3) is 5.91 Å². The number of ether oxygens (including phenoxy) is 1. The molecule has 0 N–H and O–H groups in total. The number of aliphatic imine (C=N–C) groups is 1. The quantitative estimate of drug-likeness (QED) is 0.267. The van der Waals surface area contributed by atoms with Gasteiger partial charge in [-0.2, -0.15) is 0 Å². The molecule has 0 spiro atoms. The maximum atomic E-state index is 13.4. The van der Waals surface area contributed by atoms with E-state index < -0.39 is 0 Å². The summed E-state index contributed by atoms with van der Waals surface area (Å²) in [6, 6.07) is 13.9. The average Bonchev–Trinajstić information content (AvgIpc) is 3.12. The van der Waals surface area contributed by atoms with E-state index in [0.717, 1.165) is 41.9 Å². The van der Waals surface area contributed by atoms with Crippen molar-refractivity contribution in [1.82, 2.24) is 4.90 Å². The number of nitrogens with zero attached hydrogens (tertiary/aromatic N) is 3. The Morgan fingerprint density at radius 3 is 2.61 bits per heavy atom. The van der Waals surface area contributed by atoms with Crippen molar-refractivity contribution in [3.05, 3.63) is 69.6 Å². The molecule has 2 aliphatic heterocycles. The minimum absolute atomic E-state index is 0.0550. The number of anilines is 1. The van der Waals surface area contributed by atoms with Crippen LogP contribution in [0.4, 0.5) is 11.4 Å². The van der Waals surface area contributed by atoms with Crippen molar-refractivity contribution in [2.75, 3.05) is 31.7 Å². The fourth-order valence-corrected chi connectivity index (χ4v) is 6.00. The Morgan fingerprint density at radius 1 is 1.17 bits per heavy atom. The maximum Gasteiger partial charge on any atom is 0.266 e. The van der Waals surface area contributed by atoms with Gasteiger partial charge in [-0.05, 0) is 86.9 Å². The van der Waals surface area contributed by atoms with Crippen LogP contribution in [0.25, 0.3) is 11.6 Å². The van der Waals surface area contributed by atoms with E-state index in [1.807, 2.05) is 36.4 Å². The number of para-hydroxylation sites is 1. The molecule has 0 radical (unpaired) electrons. The van der Waals surface area contributed by atoms with Gasteiger partial charge in [0.2, 0.25) is 0 Å². The molecule has 0 unspecified atom stereocenters. The van der Waals surface area contributed by atoms with Crippen LogP contribution >= 0.6 is 23.4 Å². The Labute approximate surface area is 223 Å². The third-order valence-electron chi connectivity index (χ3n) is 6.43. The molecule has 0 atom stereocenters. The predicted molar refractivity (Wildman–Crippen MR) is 154 cm³/mol. The first-order valence-corrected chi connectivity index (χ1v) is 13.6. The lowest BCUT2D eigenvalue weighted by Crippen LogP contribution is -2.45. The number of amides is 1. The van der Waals surface area contributed by atoms with E-state index >= 15 is 0 Å². The zero-order chi connectivity index (χ0) is 25.9. The summed E-state index contributed by atoms with van der Waals surface area (Å²) >= 11 is 8.22. The van der Waals surface area contributed by atoms with Crippen LogP contribution in [0, 0.1) is 0 Å². The molecule has 1 fully saturated rings. The van der Waals surface area contributed by atoms with Gasteiger partial charge >= 0.3 is 0 Å².